The van der Waals surface area contributed by atoms with Gasteiger partial charge in [0.2, 0.25) is 0 Å². The lowest BCUT2D eigenvalue weighted by atomic mass is 10.0. The van der Waals surface area contributed by atoms with Crippen molar-refractivity contribution in [1.29, 1.82) is 0 Å². The fourth-order valence-corrected chi connectivity index (χ4v) is 2.81. The first kappa shape index (κ1) is 12.9. The quantitative estimate of drug-likeness (QED) is 0.871. The Hall–Kier alpha value is -1.58. The number of halogens is 1. The Morgan fingerprint density at radius 1 is 1.44 bits per heavy atom. The summed E-state index contributed by atoms with van der Waals surface area (Å²) in [5.74, 6) is -0.0366. The zero-order chi connectivity index (χ0) is 13.3. The van der Waals surface area contributed by atoms with E-state index in [1.165, 1.54) is 17.0 Å². The molecule has 1 heterocycles. The van der Waals surface area contributed by atoms with Crippen molar-refractivity contribution in [3.63, 3.8) is 0 Å². The highest BCUT2D eigenvalue weighted by atomic mass is 19.1. The summed E-state index contributed by atoms with van der Waals surface area (Å²) in [5.41, 5.74) is 0.751. The number of amides is 1. The predicted octanol–water partition coefficient (Wildman–Crippen LogP) is 3.67. The average molecular weight is 251 g/mol. The van der Waals surface area contributed by atoms with Crippen LogP contribution in [0.2, 0.25) is 0 Å². The van der Waals surface area contributed by atoms with Crippen molar-refractivity contribution in [1.82, 2.24) is 4.90 Å². The van der Waals surface area contributed by atoms with Crippen LogP contribution in [-0.4, -0.2) is 22.1 Å². The summed E-state index contributed by atoms with van der Waals surface area (Å²) in [5, 5.41) is 9.37. The van der Waals surface area contributed by atoms with Crippen molar-refractivity contribution in [2.45, 2.75) is 38.8 Å². The van der Waals surface area contributed by atoms with Crippen molar-refractivity contribution < 1.29 is 14.3 Å². The van der Waals surface area contributed by atoms with Gasteiger partial charge in [0.25, 0.3) is 0 Å². The van der Waals surface area contributed by atoms with Crippen LogP contribution in [-0.2, 0) is 0 Å². The third kappa shape index (κ3) is 2.33. The van der Waals surface area contributed by atoms with Gasteiger partial charge in [0.1, 0.15) is 5.82 Å². The molecule has 1 aliphatic heterocycles. The molecule has 0 unspecified atom stereocenters. The van der Waals surface area contributed by atoms with Crippen molar-refractivity contribution in [2.24, 2.45) is 5.92 Å². The second-order valence-corrected chi connectivity index (χ2v) is 5.15. The normalized spacial score (nSPS) is 23.7. The summed E-state index contributed by atoms with van der Waals surface area (Å²) in [7, 11) is 0. The lowest BCUT2D eigenvalue weighted by Gasteiger charge is -2.30. The van der Waals surface area contributed by atoms with Crippen LogP contribution in [0, 0.1) is 11.7 Å². The monoisotopic (exact) mass is 251 g/mol. The van der Waals surface area contributed by atoms with Gasteiger partial charge in [-0.05, 0) is 36.5 Å². The van der Waals surface area contributed by atoms with E-state index in [0.717, 1.165) is 18.4 Å². The smallest absolute Gasteiger partial charge is 0.408 e. The van der Waals surface area contributed by atoms with E-state index in [1.54, 1.807) is 12.1 Å². The first-order valence-electron chi connectivity index (χ1n) is 6.27. The second-order valence-electron chi connectivity index (χ2n) is 5.15. The number of hydrogen-bond donors (Lipinski definition) is 1. The first-order chi connectivity index (χ1) is 8.50. The van der Waals surface area contributed by atoms with Crippen LogP contribution >= 0.6 is 0 Å². The molecule has 1 aliphatic rings. The maximum absolute atomic E-state index is 13.2. The first-order valence-corrected chi connectivity index (χ1v) is 6.27. The Morgan fingerprint density at radius 3 is 2.72 bits per heavy atom. The maximum Gasteiger partial charge on any atom is 0.408 e. The number of benzene rings is 1. The van der Waals surface area contributed by atoms with Crippen LogP contribution in [0.1, 0.15) is 38.3 Å². The molecule has 1 amide bonds. The number of rotatable bonds is 2. The molecule has 3 nitrogen and oxygen atoms in total. The van der Waals surface area contributed by atoms with E-state index in [-0.39, 0.29) is 23.8 Å². The van der Waals surface area contributed by atoms with Gasteiger partial charge in [-0.25, -0.2) is 9.18 Å². The summed E-state index contributed by atoms with van der Waals surface area (Å²) >= 11 is 0. The van der Waals surface area contributed by atoms with Gasteiger partial charge in [0.05, 0.1) is 6.04 Å². The molecule has 0 spiro atoms. The Kier molecular flexibility index (Phi) is 3.55. The number of likely N-dealkylation sites (tertiary alicyclic amines) is 1. The summed E-state index contributed by atoms with van der Waals surface area (Å²) < 4.78 is 13.2. The van der Waals surface area contributed by atoms with Crippen molar-refractivity contribution in [3.05, 3.63) is 35.6 Å². The Balaban J connectivity index is 2.31. The highest BCUT2D eigenvalue weighted by Gasteiger charge is 2.39. The van der Waals surface area contributed by atoms with E-state index >= 15 is 0 Å². The predicted molar refractivity (Wildman–Crippen MR) is 66.9 cm³/mol. The van der Waals surface area contributed by atoms with Crippen LogP contribution in [0.3, 0.4) is 0 Å². The number of nitrogens with zero attached hydrogens (tertiary/aromatic N) is 1. The molecule has 2 rings (SSSR count). The molecule has 4 heteroatoms. The molecular weight excluding hydrogens is 233 g/mol. The van der Waals surface area contributed by atoms with Crippen LogP contribution in [0.15, 0.2) is 24.3 Å². The van der Waals surface area contributed by atoms with E-state index in [1.807, 2.05) is 13.8 Å². The van der Waals surface area contributed by atoms with Crippen molar-refractivity contribution in [3.8, 4) is 0 Å². The van der Waals surface area contributed by atoms with Crippen LogP contribution < -0.4 is 0 Å². The molecule has 18 heavy (non-hydrogen) atoms. The molecule has 1 N–H and O–H groups in total. The minimum absolute atomic E-state index is 0.0239. The molecule has 0 aromatic heterocycles. The lowest BCUT2D eigenvalue weighted by molar-refractivity contribution is 0.110. The number of carbonyl (C=O) groups is 1. The molecule has 1 aromatic carbocycles. The third-order valence-corrected chi connectivity index (χ3v) is 3.65. The van der Waals surface area contributed by atoms with Crippen LogP contribution in [0.4, 0.5) is 9.18 Å². The van der Waals surface area contributed by atoms with E-state index in [9.17, 15) is 14.3 Å². The molecule has 0 saturated carbocycles. The van der Waals surface area contributed by atoms with E-state index in [0.29, 0.717) is 0 Å². The summed E-state index contributed by atoms with van der Waals surface area (Å²) in [4.78, 5) is 12.9. The topological polar surface area (TPSA) is 40.5 Å². The fraction of sp³-hybridized carbons (Fsp3) is 0.500. The van der Waals surface area contributed by atoms with Crippen LogP contribution in [0.25, 0.3) is 0 Å². The molecule has 0 radical (unpaired) electrons. The highest BCUT2D eigenvalue weighted by molar-refractivity contribution is 5.67. The fourth-order valence-electron chi connectivity index (χ4n) is 2.81. The Bertz CT molecular complexity index is 447. The minimum Gasteiger partial charge on any atom is -0.465 e. The zero-order valence-electron chi connectivity index (χ0n) is 10.6. The van der Waals surface area contributed by atoms with E-state index in [4.69, 9.17) is 0 Å². The summed E-state index contributed by atoms with van der Waals surface area (Å²) in [6.45, 7) is 4.04. The van der Waals surface area contributed by atoms with Crippen molar-refractivity contribution >= 4 is 6.09 Å². The molecule has 1 aromatic rings. The van der Waals surface area contributed by atoms with Gasteiger partial charge in [-0.1, -0.05) is 26.0 Å². The molecule has 1 fully saturated rings. The molecule has 0 aliphatic carbocycles. The molecule has 0 bridgehead atoms. The summed E-state index contributed by atoms with van der Waals surface area (Å²) in [6.07, 6.45) is 0.685. The number of hydrogen-bond acceptors (Lipinski definition) is 1. The van der Waals surface area contributed by atoms with Gasteiger partial charge in [-0.3, -0.25) is 4.90 Å². The van der Waals surface area contributed by atoms with E-state index < -0.39 is 6.09 Å². The summed E-state index contributed by atoms with van der Waals surface area (Å²) in [6, 6.07) is 6.05. The highest BCUT2D eigenvalue weighted by Crippen LogP contribution is 2.38. The number of carboxylic acid groups (broad SMARTS) is 1. The van der Waals surface area contributed by atoms with Crippen molar-refractivity contribution in [2.75, 3.05) is 0 Å². The van der Waals surface area contributed by atoms with Gasteiger partial charge in [-0.15, -0.1) is 0 Å². The lowest BCUT2D eigenvalue weighted by Crippen LogP contribution is -2.39. The Labute approximate surface area is 106 Å². The maximum atomic E-state index is 13.2. The standard InChI is InChI=1S/C14H18FNO2/c1-9(2)12-6-7-13(16(12)14(17)18)10-4-3-5-11(15)8-10/h3-5,8-9,12-13H,6-7H2,1-2H3,(H,17,18)/t12-,13+/m1/s1. The molecule has 2 atom stereocenters. The third-order valence-electron chi connectivity index (χ3n) is 3.65. The zero-order valence-corrected chi connectivity index (χ0v) is 10.6. The molecule has 98 valence electrons. The van der Waals surface area contributed by atoms with Gasteiger partial charge < -0.3 is 5.11 Å². The second kappa shape index (κ2) is 4.96. The van der Waals surface area contributed by atoms with Gasteiger partial charge in [-0.2, -0.15) is 0 Å². The average Bonchev–Trinajstić information content (AvgIpc) is 2.73. The minimum atomic E-state index is -0.916. The van der Waals surface area contributed by atoms with E-state index in [2.05, 4.69) is 0 Å². The molecule has 1 saturated heterocycles. The SMILES string of the molecule is CC(C)[C@H]1CC[C@@H](c2cccc(F)c2)N1C(=O)O. The van der Waals surface area contributed by atoms with Gasteiger partial charge in [0, 0.05) is 6.04 Å². The largest absolute Gasteiger partial charge is 0.465 e. The van der Waals surface area contributed by atoms with Gasteiger partial charge in [0.15, 0.2) is 0 Å². The van der Waals surface area contributed by atoms with Crippen LogP contribution in [0.5, 0.6) is 0 Å². The molecular formula is C14H18FNO2. The van der Waals surface area contributed by atoms with Gasteiger partial charge >= 0.3 is 6.09 Å². The Morgan fingerprint density at radius 2 is 2.17 bits per heavy atom.